The molecule has 1 amide bonds. The van der Waals surface area contributed by atoms with E-state index in [4.69, 9.17) is 18.9 Å². The van der Waals surface area contributed by atoms with E-state index in [0.717, 1.165) is 0 Å². The third kappa shape index (κ3) is 4.30. The van der Waals surface area contributed by atoms with Gasteiger partial charge in [0.1, 0.15) is 0 Å². The lowest BCUT2D eigenvalue weighted by Gasteiger charge is -2.10. The van der Waals surface area contributed by atoms with E-state index in [2.05, 4.69) is 5.32 Å². The molecule has 8 nitrogen and oxygen atoms in total. The Bertz CT molecular complexity index is 921. The van der Waals surface area contributed by atoms with E-state index in [0.29, 0.717) is 22.8 Å². The van der Waals surface area contributed by atoms with E-state index >= 15 is 0 Å². The molecule has 3 rings (SSSR count). The summed E-state index contributed by atoms with van der Waals surface area (Å²) < 4.78 is 20.7. The van der Waals surface area contributed by atoms with Crippen molar-refractivity contribution in [1.82, 2.24) is 0 Å². The highest BCUT2D eigenvalue weighted by Gasteiger charge is 2.20. The van der Waals surface area contributed by atoms with Gasteiger partial charge in [0, 0.05) is 25.1 Å². The summed E-state index contributed by atoms with van der Waals surface area (Å²) in [5, 5.41) is 12.2. The molecule has 0 unspecified atom stereocenters. The van der Waals surface area contributed by atoms with Crippen molar-refractivity contribution in [3.8, 4) is 28.7 Å². The third-order valence-electron chi connectivity index (χ3n) is 3.62. The number of carbonyl (C=O) groups is 2. The first-order chi connectivity index (χ1) is 13.0. The molecule has 8 heteroatoms. The number of aromatic hydroxyl groups is 1. The van der Waals surface area contributed by atoms with Crippen molar-refractivity contribution in [3.05, 3.63) is 42.0 Å². The number of ether oxygens (including phenoxy) is 4. The Morgan fingerprint density at radius 2 is 1.89 bits per heavy atom. The van der Waals surface area contributed by atoms with Crippen LogP contribution in [-0.4, -0.2) is 30.9 Å². The third-order valence-corrected chi connectivity index (χ3v) is 3.62. The van der Waals surface area contributed by atoms with E-state index in [1.54, 1.807) is 18.2 Å². The number of methoxy groups -OCH3 is 1. The summed E-state index contributed by atoms with van der Waals surface area (Å²) in [5.41, 5.74) is 0.929. The molecule has 0 radical (unpaired) electrons. The fourth-order valence-electron chi connectivity index (χ4n) is 2.40. The zero-order valence-electron chi connectivity index (χ0n) is 14.6. The molecule has 2 N–H and O–H groups in total. The minimum Gasteiger partial charge on any atom is -0.504 e. The molecular formula is C19H17NO7. The number of fused-ring (bicyclic) bond motifs is 1. The summed E-state index contributed by atoms with van der Waals surface area (Å²) in [5.74, 6) is 0.339. The van der Waals surface area contributed by atoms with Gasteiger partial charge in [-0.2, -0.15) is 0 Å². The van der Waals surface area contributed by atoms with Crippen LogP contribution in [0, 0.1) is 0 Å². The molecule has 0 fully saturated rings. The molecule has 0 saturated heterocycles. The van der Waals surface area contributed by atoms with Gasteiger partial charge in [0.25, 0.3) is 0 Å². The second kappa shape index (κ2) is 7.69. The molecular weight excluding hydrogens is 354 g/mol. The second-order valence-corrected chi connectivity index (χ2v) is 5.55. The zero-order chi connectivity index (χ0) is 19.4. The van der Waals surface area contributed by atoms with Crippen molar-refractivity contribution in [2.24, 2.45) is 0 Å². The van der Waals surface area contributed by atoms with Gasteiger partial charge < -0.3 is 29.4 Å². The van der Waals surface area contributed by atoms with Gasteiger partial charge in [-0.25, -0.2) is 0 Å². The van der Waals surface area contributed by atoms with Crippen LogP contribution >= 0.6 is 0 Å². The number of nitrogens with one attached hydrogen (secondary N) is 1. The summed E-state index contributed by atoms with van der Waals surface area (Å²) in [6.45, 7) is 1.31. The molecule has 140 valence electrons. The Balaban J connectivity index is 1.78. The minimum absolute atomic E-state index is 0.00508. The van der Waals surface area contributed by atoms with Crippen LogP contribution in [0.4, 0.5) is 5.69 Å². The van der Waals surface area contributed by atoms with E-state index in [-0.39, 0.29) is 24.0 Å². The molecule has 0 bridgehead atoms. The van der Waals surface area contributed by atoms with Gasteiger partial charge in [-0.3, -0.25) is 9.59 Å². The average Bonchev–Trinajstić information content (AvgIpc) is 3.08. The molecule has 2 aromatic carbocycles. The maximum atomic E-state index is 12.3. The summed E-state index contributed by atoms with van der Waals surface area (Å²) >= 11 is 0. The average molecular weight is 371 g/mol. The SMILES string of the molecule is COc1cc(/C=C/C(=O)Nc2cc3c(cc2OC(C)=O)OCO3)ccc1O. The fraction of sp³-hybridized carbons (Fsp3) is 0.158. The van der Waals surface area contributed by atoms with Crippen LogP contribution in [0.25, 0.3) is 6.08 Å². The van der Waals surface area contributed by atoms with Crippen LogP contribution in [0.15, 0.2) is 36.4 Å². The molecule has 2 aromatic rings. The molecule has 0 aliphatic carbocycles. The Hall–Kier alpha value is -3.68. The molecule has 1 aliphatic heterocycles. The number of phenols is 1. The number of phenolic OH excluding ortho intramolecular Hbond substituents is 1. The zero-order valence-corrected chi connectivity index (χ0v) is 14.6. The highest BCUT2D eigenvalue weighted by molar-refractivity contribution is 6.03. The maximum absolute atomic E-state index is 12.3. The van der Waals surface area contributed by atoms with Crippen LogP contribution in [-0.2, 0) is 9.59 Å². The number of benzene rings is 2. The first kappa shape index (κ1) is 18.1. The lowest BCUT2D eigenvalue weighted by molar-refractivity contribution is -0.131. The monoisotopic (exact) mass is 371 g/mol. The van der Waals surface area contributed by atoms with Crippen molar-refractivity contribution in [3.63, 3.8) is 0 Å². The summed E-state index contributed by atoms with van der Waals surface area (Å²) in [6, 6.07) is 7.69. The molecule has 1 aliphatic rings. The number of hydrogen-bond acceptors (Lipinski definition) is 7. The normalized spacial score (nSPS) is 12.1. The van der Waals surface area contributed by atoms with Crippen LogP contribution < -0.4 is 24.3 Å². The molecule has 0 saturated carbocycles. The molecule has 0 aromatic heterocycles. The molecule has 27 heavy (non-hydrogen) atoms. The van der Waals surface area contributed by atoms with Crippen LogP contribution in [0.1, 0.15) is 12.5 Å². The number of carbonyl (C=O) groups excluding carboxylic acids is 2. The van der Waals surface area contributed by atoms with Gasteiger partial charge in [-0.05, 0) is 23.8 Å². The van der Waals surface area contributed by atoms with Crippen LogP contribution in [0.2, 0.25) is 0 Å². The lowest BCUT2D eigenvalue weighted by Crippen LogP contribution is -2.11. The summed E-state index contributed by atoms with van der Waals surface area (Å²) in [4.78, 5) is 23.6. The van der Waals surface area contributed by atoms with Gasteiger partial charge in [0.15, 0.2) is 28.7 Å². The second-order valence-electron chi connectivity index (χ2n) is 5.55. The molecule has 0 spiro atoms. The first-order valence-corrected chi connectivity index (χ1v) is 7.94. The van der Waals surface area contributed by atoms with Crippen molar-refractivity contribution in [2.75, 3.05) is 19.2 Å². The minimum atomic E-state index is -0.531. The standard InChI is InChI=1S/C19H17NO7/c1-11(21)27-15-9-18-17(25-10-26-18)8-13(15)20-19(23)6-4-12-3-5-14(22)16(7-12)24-2/h3-9,22H,10H2,1-2H3,(H,20,23)/b6-4+. The summed E-state index contributed by atoms with van der Waals surface area (Å²) in [6.07, 6.45) is 2.85. The predicted molar refractivity (Wildman–Crippen MR) is 96.2 cm³/mol. The number of anilines is 1. The van der Waals surface area contributed by atoms with Gasteiger partial charge in [0.2, 0.25) is 12.7 Å². The van der Waals surface area contributed by atoms with Gasteiger partial charge in [0.05, 0.1) is 12.8 Å². The van der Waals surface area contributed by atoms with Gasteiger partial charge in [-0.15, -0.1) is 0 Å². The van der Waals surface area contributed by atoms with E-state index in [1.807, 2.05) is 0 Å². The van der Waals surface area contributed by atoms with E-state index < -0.39 is 11.9 Å². The van der Waals surface area contributed by atoms with Crippen LogP contribution in [0.3, 0.4) is 0 Å². The van der Waals surface area contributed by atoms with Crippen molar-refractivity contribution in [2.45, 2.75) is 6.92 Å². The van der Waals surface area contributed by atoms with Crippen molar-refractivity contribution < 1.29 is 33.6 Å². The van der Waals surface area contributed by atoms with Gasteiger partial charge >= 0.3 is 5.97 Å². The number of hydrogen-bond donors (Lipinski definition) is 2. The highest BCUT2D eigenvalue weighted by atomic mass is 16.7. The Morgan fingerprint density at radius 1 is 1.15 bits per heavy atom. The summed E-state index contributed by atoms with van der Waals surface area (Å²) in [7, 11) is 1.44. The van der Waals surface area contributed by atoms with Crippen LogP contribution in [0.5, 0.6) is 28.7 Å². The largest absolute Gasteiger partial charge is 0.504 e. The van der Waals surface area contributed by atoms with Crippen molar-refractivity contribution in [1.29, 1.82) is 0 Å². The van der Waals surface area contributed by atoms with Crippen molar-refractivity contribution >= 4 is 23.6 Å². The first-order valence-electron chi connectivity index (χ1n) is 7.94. The number of esters is 1. The fourth-order valence-corrected chi connectivity index (χ4v) is 2.40. The lowest BCUT2D eigenvalue weighted by atomic mass is 10.2. The molecule has 1 heterocycles. The number of rotatable bonds is 5. The Labute approximate surface area is 154 Å². The smallest absolute Gasteiger partial charge is 0.308 e. The molecule has 0 atom stereocenters. The Kier molecular flexibility index (Phi) is 5.16. The maximum Gasteiger partial charge on any atom is 0.308 e. The number of amides is 1. The van der Waals surface area contributed by atoms with E-state index in [1.165, 1.54) is 38.3 Å². The topological polar surface area (TPSA) is 103 Å². The highest BCUT2D eigenvalue weighted by Crippen LogP contribution is 2.41. The Morgan fingerprint density at radius 3 is 2.59 bits per heavy atom. The van der Waals surface area contributed by atoms with Gasteiger partial charge in [-0.1, -0.05) is 6.07 Å². The predicted octanol–water partition coefficient (Wildman–Crippen LogP) is 2.71. The quantitative estimate of drug-likeness (QED) is 0.473. The van der Waals surface area contributed by atoms with E-state index in [9.17, 15) is 14.7 Å².